The number of hydrogen-bond donors (Lipinski definition) is 0. The molecule has 0 aromatic heterocycles. The molecule has 18 heavy (non-hydrogen) atoms. The van der Waals surface area contributed by atoms with E-state index in [0.29, 0.717) is 12.3 Å². The molecule has 0 radical (unpaired) electrons. The van der Waals surface area contributed by atoms with E-state index in [-0.39, 0.29) is 18.1 Å². The van der Waals surface area contributed by atoms with Crippen LogP contribution < -0.4 is 0 Å². The summed E-state index contributed by atoms with van der Waals surface area (Å²) in [6, 6.07) is 0.00702. The van der Waals surface area contributed by atoms with Crippen LogP contribution >= 0.6 is 0 Å². The summed E-state index contributed by atoms with van der Waals surface area (Å²) in [5, 5.41) is 0. The van der Waals surface area contributed by atoms with E-state index >= 15 is 0 Å². The number of rotatable bonds is 4. The number of nitrogens with zero attached hydrogens (tertiary/aromatic N) is 1. The smallest absolute Gasteiger partial charge is 0.417 e. The first kappa shape index (κ1) is 13.4. The fourth-order valence-electron chi connectivity index (χ4n) is 3.11. The van der Waals surface area contributed by atoms with Gasteiger partial charge in [0.2, 0.25) is 5.91 Å². The summed E-state index contributed by atoms with van der Waals surface area (Å²) >= 11 is 0. The highest BCUT2D eigenvalue weighted by molar-refractivity contribution is 5.93. The summed E-state index contributed by atoms with van der Waals surface area (Å²) in [4.78, 5) is 25.4. The Morgan fingerprint density at radius 2 is 2.17 bits per heavy atom. The highest BCUT2D eigenvalue weighted by atomic mass is 16.6. The molecule has 1 aliphatic heterocycles. The van der Waals surface area contributed by atoms with Gasteiger partial charge < -0.3 is 4.74 Å². The van der Waals surface area contributed by atoms with Crippen molar-refractivity contribution in [3.05, 3.63) is 0 Å². The van der Waals surface area contributed by atoms with Crippen LogP contribution in [-0.2, 0) is 9.53 Å². The maximum atomic E-state index is 12.2. The van der Waals surface area contributed by atoms with Gasteiger partial charge in [-0.25, -0.2) is 9.69 Å². The van der Waals surface area contributed by atoms with Crippen LogP contribution in [0.5, 0.6) is 0 Å². The minimum absolute atomic E-state index is 0.00702. The van der Waals surface area contributed by atoms with Gasteiger partial charge in [0.15, 0.2) is 0 Å². The Bertz CT molecular complexity index is 329. The Labute approximate surface area is 109 Å². The minimum atomic E-state index is -0.416. The molecular weight excluding hydrogens is 230 g/mol. The molecule has 3 atom stereocenters. The molecule has 0 unspecified atom stereocenters. The molecule has 2 aliphatic rings. The SMILES string of the molecule is CCC[C@@H](C)CC(=O)N1C(=O)O[C@@H]2CCCC[C@H]21. The molecule has 4 nitrogen and oxygen atoms in total. The summed E-state index contributed by atoms with van der Waals surface area (Å²) in [7, 11) is 0. The monoisotopic (exact) mass is 253 g/mol. The molecule has 0 N–H and O–H groups in total. The van der Waals surface area contributed by atoms with Gasteiger partial charge in [-0.15, -0.1) is 0 Å². The average Bonchev–Trinajstić information content (AvgIpc) is 2.64. The molecule has 2 amide bonds. The molecule has 1 saturated carbocycles. The van der Waals surface area contributed by atoms with Gasteiger partial charge >= 0.3 is 6.09 Å². The predicted molar refractivity (Wildman–Crippen MR) is 68.1 cm³/mol. The molecule has 102 valence electrons. The Balaban J connectivity index is 1.98. The second-order valence-electron chi connectivity index (χ2n) is 5.64. The number of carbonyl (C=O) groups is 2. The van der Waals surface area contributed by atoms with Crippen molar-refractivity contribution in [3.63, 3.8) is 0 Å². The molecule has 1 saturated heterocycles. The number of hydrogen-bond acceptors (Lipinski definition) is 3. The van der Waals surface area contributed by atoms with E-state index in [1.54, 1.807) is 0 Å². The van der Waals surface area contributed by atoms with E-state index in [9.17, 15) is 9.59 Å². The van der Waals surface area contributed by atoms with E-state index in [1.807, 2.05) is 0 Å². The van der Waals surface area contributed by atoms with Crippen molar-refractivity contribution in [2.75, 3.05) is 0 Å². The zero-order valence-electron chi connectivity index (χ0n) is 11.4. The van der Waals surface area contributed by atoms with Crippen molar-refractivity contribution in [2.45, 2.75) is 70.9 Å². The van der Waals surface area contributed by atoms with Crippen LogP contribution in [0.25, 0.3) is 0 Å². The van der Waals surface area contributed by atoms with E-state index in [1.165, 1.54) is 4.90 Å². The fourth-order valence-corrected chi connectivity index (χ4v) is 3.11. The molecular formula is C14H23NO3. The number of imide groups is 1. The highest BCUT2D eigenvalue weighted by Gasteiger charge is 2.45. The second kappa shape index (κ2) is 5.72. The van der Waals surface area contributed by atoms with Crippen LogP contribution in [0.3, 0.4) is 0 Å². The summed E-state index contributed by atoms with van der Waals surface area (Å²) < 4.78 is 5.31. The van der Waals surface area contributed by atoms with E-state index in [4.69, 9.17) is 4.74 Å². The van der Waals surface area contributed by atoms with Crippen molar-refractivity contribution in [1.82, 2.24) is 4.90 Å². The predicted octanol–water partition coefficient (Wildman–Crippen LogP) is 3.10. The van der Waals surface area contributed by atoms with E-state index < -0.39 is 6.09 Å². The quantitative estimate of drug-likeness (QED) is 0.773. The van der Waals surface area contributed by atoms with Crippen molar-refractivity contribution in [1.29, 1.82) is 0 Å². The first-order chi connectivity index (χ1) is 8.63. The van der Waals surface area contributed by atoms with Gasteiger partial charge in [0.05, 0.1) is 6.04 Å². The third-order valence-electron chi connectivity index (χ3n) is 4.02. The van der Waals surface area contributed by atoms with Crippen molar-refractivity contribution in [2.24, 2.45) is 5.92 Å². The van der Waals surface area contributed by atoms with Gasteiger partial charge in [-0.3, -0.25) is 4.79 Å². The zero-order chi connectivity index (χ0) is 13.1. The third-order valence-corrected chi connectivity index (χ3v) is 4.02. The lowest BCUT2D eigenvalue weighted by Gasteiger charge is -2.27. The zero-order valence-corrected chi connectivity index (χ0v) is 11.4. The summed E-state index contributed by atoms with van der Waals surface area (Å²) in [6.07, 6.45) is 6.11. The topological polar surface area (TPSA) is 46.6 Å². The standard InChI is InChI=1S/C14H23NO3/c1-3-6-10(2)9-13(16)15-11-7-4-5-8-12(11)18-14(15)17/h10-12H,3-9H2,1-2H3/t10-,11-,12-/m1/s1. The normalized spacial score (nSPS) is 28.8. The summed E-state index contributed by atoms with van der Waals surface area (Å²) in [5.41, 5.74) is 0. The van der Waals surface area contributed by atoms with Gasteiger partial charge in [0.1, 0.15) is 6.10 Å². The first-order valence-corrected chi connectivity index (χ1v) is 7.16. The van der Waals surface area contributed by atoms with E-state index in [2.05, 4.69) is 13.8 Å². The number of amides is 2. The van der Waals surface area contributed by atoms with Gasteiger partial charge in [-0.1, -0.05) is 33.1 Å². The van der Waals surface area contributed by atoms with Gasteiger partial charge in [0.25, 0.3) is 0 Å². The largest absolute Gasteiger partial charge is 0.444 e. The summed E-state index contributed by atoms with van der Waals surface area (Å²) in [5.74, 6) is 0.299. The lowest BCUT2D eigenvalue weighted by atomic mass is 9.92. The Morgan fingerprint density at radius 1 is 1.44 bits per heavy atom. The van der Waals surface area contributed by atoms with Crippen LogP contribution in [0.15, 0.2) is 0 Å². The molecule has 1 aliphatic carbocycles. The molecule has 0 aromatic rings. The van der Waals surface area contributed by atoms with E-state index in [0.717, 1.165) is 38.5 Å². The van der Waals surface area contributed by atoms with Crippen molar-refractivity contribution in [3.8, 4) is 0 Å². The Kier molecular flexibility index (Phi) is 4.25. The highest BCUT2D eigenvalue weighted by Crippen LogP contribution is 2.32. The summed E-state index contributed by atoms with van der Waals surface area (Å²) in [6.45, 7) is 4.18. The molecule has 2 rings (SSSR count). The molecule has 0 bridgehead atoms. The molecule has 2 fully saturated rings. The van der Waals surface area contributed by atoms with Crippen molar-refractivity contribution >= 4 is 12.0 Å². The maximum Gasteiger partial charge on any atom is 0.417 e. The average molecular weight is 253 g/mol. The van der Waals surface area contributed by atoms with Crippen molar-refractivity contribution < 1.29 is 14.3 Å². The van der Waals surface area contributed by atoms with Crippen LogP contribution in [0, 0.1) is 5.92 Å². The third kappa shape index (κ3) is 2.68. The van der Waals surface area contributed by atoms with Crippen LogP contribution in [0.1, 0.15) is 58.8 Å². The van der Waals surface area contributed by atoms with Crippen LogP contribution in [0.4, 0.5) is 4.79 Å². The first-order valence-electron chi connectivity index (χ1n) is 7.16. The van der Waals surface area contributed by atoms with Gasteiger partial charge in [-0.2, -0.15) is 0 Å². The minimum Gasteiger partial charge on any atom is -0.444 e. The number of fused-ring (bicyclic) bond motifs is 1. The maximum absolute atomic E-state index is 12.2. The molecule has 1 heterocycles. The van der Waals surface area contributed by atoms with Gasteiger partial charge in [-0.05, 0) is 25.2 Å². The molecule has 0 spiro atoms. The van der Waals surface area contributed by atoms with Gasteiger partial charge in [0, 0.05) is 6.42 Å². The fraction of sp³-hybridized carbons (Fsp3) is 0.857. The lowest BCUT2D eigenvalue weighted by Crippen LogP contribution is -2.42. The lowest BCUT2D eigenvalue weighted by molar-refractivity contribution is -0.130. The molecule has 0 aromatic carbocycles. The molecule has 4 heteroatoms. The number of carbonyl (C=O) groups excluding carboxylic acids is 2. The Morgan fingerprint density at radius 3 is 2.89 bits per heavy atom. The Hall–Kier alpha value is -1.06. The second-order valence-corrected chi connectivity index (χ2v) is 5.64. The number of ether oxygens (including phenoxy) is 1. The van der Waals surface area contributed by atoms with Crippen LogP contribution in [-0.4, -0.2) is 29.0 Å². The van der Waals surface area contributed by atoms with Crippen LogP contribution in [0.2, 0.25) is 0 Å².